The highest BCUT2D eigenvalue weighted by atomic mass is 79.9. The molecule has 5 nitrogen and oxygen atoms in total. The van der Waals surface area contributed by atoms with Crippen LogP contribution in [-0.4, -0.2) is 13.6 Å². The summed E-state index contributed by atoms with van der Waals surface area (Å²) >= 11 is 2.94. The fraction of sp³-hybridized carbons (Fsp3) is 0.182. The Bertz CT molecular complexity index is 700. The van der Waals surface area contributed by atoms with Gasteiger partial charge in [0.25, 0.3) is 0 Å². The maximum Gasteiger partial charge on any atom is 0.240 e. The maximum atomic E-state index is 13.1. The number of rotatable bonds is 4. The van der Waals surface area contributed by atoms with Crippen LogP contribution in [0.25, 0.3) is 0 Å². The summed E-state index contributed by atoms with van der Waals surface area (Å²) in [5, 5.41) is 3.67. The van der Waals surface area contributed by atoms with Crippen LogP contribution in [0.15, 0.2) is 38.2 Å². The zero-order valence-corrected chi connectivity index (χ0v) is 12.3. The van der Waals surface area contributed by atoms with Gasteiger partial charge in [0.1, 0.15) is 11.6 Å². The number of aromatic nitrogens is 1. The molecule has 1 heterocycles. The van der Waals surface area contributed by atoms with Gasteiger partial charge < -0.3 is 4.52 Å². The van der Waals surface area contributed by atoms with E-state index in [0.29, 0.717) is 11.5 Å². The first-order chi connectivity index (χ1) is 8.88. The Kier molecular flexibility index (Phi) is 4.02. The number of aryl methyl sites for hydroxylation is 1. The first kappa shape index (κ1) is 14.2. The Morgan fingerprint density at radius 3 is 2.74 bits per heavy atom. The van der Waals surface area contributed by atoms with E-state index >= 15 is 0 Å². The molecule has 8 heteroatoms. The predicted octanol–water partition coefficient (Wildman–Crippen LogP) is 2.36. The molecule has 0 bridgehead atoms. The van der Waals surface area contributed by atoms with E-state index in [9.17, 15) is 12.8 Å². The summed E-state index contributed by atoms with van der Waals surface area (Å²) in [6.45, 7) is 1.72. The Morgan fingerprint density at radius 2 is 2.16 bits per heavy atom. The van der Waals surface area contributed by atoms with Crippen LogP contribution in [0.5, 0.6) is 0 Å². The van der Waals surface area contributed by atoms with E-state index < -0.39 is 15.8 Å². The molecular weight excluding hydrogens is 339 g/mol. The number of hydrogen-bond donors (Lipinski definition) is 1. The minimum Gasteiger partial charge on any atom is -0.361 e. The molecule has 0 radical (unpaired) electrons. The van der Waals surface area contributed by atoms with Crippen molar-refractivity contribution in [1.29, 1.82) is 0 Å². The minimum absolute atomic E-state index is 0.00860. The summed E-state index contributed by atoms with van der Waals surface area (Å²) in [6, 6.07) is 5.10. The molecule has 0 aliphatic carbocycles. The molecule has 0 aliphatic heterocycles. The molecule has 102 valence electrons. The molecule has 0 aliphatic rings. The van der Waals surface area contributed by atoms with Crippen molar-refractivity contribution in [3.8, 4) is 0 Å². The van der Waals surface area contributed by atoms with E-state index in [1.165, 1.54) is 12.1 Å². The highest BCUT2D eigenvalue weighted by Crippen LogP contribution is 2.20. The van der Waals surface area contributed by atoms with Crippen molar-refractivity contribution >= 4 is 26.0 Å². The Balaban J connectivity index is 2.16. The van der Waals surface area contributed by atoms with Gasteiger partial charge in [0.2, 0.25) is 10.0 Å². The van der Waals surface area contributed by atoms with Gasteiger partial charge in [0, 0.05) is 6.07 Å². The number of hydrogen-bond acceptors (Lipinski definition) is 4. The van der Waals surface area contributed by atoms with Crippen molar-refractivity contribution in [2.24, 2.45) is 0 Å². The zero-order chi connectivity index (χ0) is 14.0. The van der Waals surface area contributed by atoms with Crippen LogP contribution >= 0.6 is 15.9 Å². The molecule has 0 spiro atoms. The summed E-state index contributed by atoms with van der Waals surface area (Å²) in [7, 11) is -3.72. The average molecular weight is 349 g/mol. The molecule has 1 aromatic heterocycles. The number of sulfonamides is 1. The molecule has 0 saturated heterocycles. The van der Waals surface area contributed by atoms with Gasteiger partial charge in [-0.15, -0.1) is 0 Å². The zero-order valence-electron chi connectivity index (χ0n) is 9.85. The number of halogens is 2. The van der Waals surface area contributed by atoms with E-state index in [0.717, 1.165) is 6.07 Å². The van der Waals surface area contributed by atoms with E-state index in [-0.39, 0.29) is 15.9 Å². The first-order valence-corrected chi connectivity index (χ1v) is 7.53. The molecule has 0 saturated carbocycles. The van der Waals surface area contributed by atoms with Crippen molar-refractivity contribution in [3.05, 3.63) is 46.0 Å². The predicted molar refractivity (Wildman–Crippen MR) is 69.4 cm³/mol. The average Bonchev–Trinajstić information content (AvgIpc) is 2.76. The topological polar surface area (TPSA) is 72.2 Å². The van der Waals surface area contributed by atoms with E-state index in [2.05, 4.69) is 25.8 Å². The molecular formula is C11H10BrFN2O3S. The summed E-state index contributed by atoms with van der Waals surface area (Å²) in [5.74, 6) is 0.0739. The van der Waals surface area contributed by atoms with Gasteiger partial charge in [-0.1, -0.05) is 5.16 Å². The van der Waals surface area contributed by atoms with Gasteiger partial charge in [-0.3, -0.25) is 0 Å². The Hall–Kier alpha value is -1.25. The number of nitrogens with one attached hydrogen (secondary N) is 1. The Morgan fingerprint density at radius 1 is 1.42 bits per heavy atom. The van der Waals surface area contributed by atoms with Crippen LogP contribution in [0.4, 0.5) is 4.39 Å². The van der Waals surface area contributed by atoms with Gasteiger partial charge in [0.15, 0.2) is 0 Å². The third-order valence-electron chi connectivity index (χ3n) is 2.32. The highest BCUT2D eigenvalue weighted by Gasteiger charge is 2.16. The lowest BCUT2D eigenvalue weighted by molar-refractivity contribution is 0.390. The first-order valence-electron chi connectivity index (χ1n) is 5.25. The van der Waals surface area contributed by atoms with Gasteiger partial charge in [-0.05, 0) is 41.1 Å². The smallest absolute Gasteiger partial charge is 0.240 e. The van der Waals surface area contributed by atoms with Gasteiger partial charge >= 0.3 is 0 Å². The van der Waals surface area contributed by atoms with Crippen LogP contribution in [0, 0.1) is 12.7 Å². The summed E-state index contributed by atoms with van der Waals surface area (Å²) in [4.78, 5) is -0.0269. The number of nitrogens with zero attached hydrogens (tertiary/aromatic N) is 1. The number of benzene rings is 1. The fourth-order valence-corrected chi connectivity index (χ4v) is 2.95. The van der Waals surface area contributed by atoms with Gasteiger partial charge in [-0.2, -0.15) is 0 Å². The van der Waals surface area contributed by atoms with Crippen molar-refractivity contribution < 1.29 is 17.3 Å². The Labute approximate surface area is 118 Å². The molecule has 1 N–H and O–H groups in total. The van der Waals surface area contributed by atoms with Crippen LogP contribution in [0.3, 0.4) is 0 Å². The van der Waals surface area contributed by atoms with Crippen LogP contribution in [-0.2, 0) is 16.6 Å². The van der Waals surface area contributed by atoms with E-state index in [1.54, 1.807) is 13.0 Å². The molecule has 2 aromatic rings. The van der Waals surface area contributed by atoms with Crippen molar-refractivity contribution in [3.63, 3.8) is 0 Å². The van der Waals surface area contributed by atoms with Gasteiger partial charge in [-0.25, -0.2) is 17.5 Å². The normalized spacial score (nSPS) is 11.7. The molecule has 0 fully saturated rings. The summed E-state index contributed by atoms with van der Waals surface area (Å²) in [5.41, 5.74) is 0.474. The highest BCUT2D eigenvalue weighted by molar-refractivity contribution is 9.10. The maximum absolute atomic E-state index is 13.1. The minimum atomic E-state index is -3.72. The van der Waals surface area contributed by atoms with Crippen molar-refractivity contribution in [2.45, 2.75) is 18.4 Å². The SMILES string of the molecule is Cc1cc(CNS(=O)(=O)c2ccc(F)c(Br)c2)no1. The molecule has 0 amide bonds. The third-order valence-corrected chi connectivity index (χ3v) is 4.33. The van der Waals surface area contributed by atoms with E-state index in [1.807, 2.05) is 0 Å². The molecule has 19 heavy (non-hydrogen) atoms. The summed E-state index contributed by atoms with van der Waals surface area (Å²) < 4.78 is 44.3. The van der Waals surface area contributed by atoms with E-state index in [4.69, 9.17) is 4.52 Å². The molecule has 1 aromatic carbocycles. The lowest BCUT2D eigenvalue weighted by Crippen LogP contribution is -2.23. The van der Waals surface area contributed by atoms with Crippen LogP contribution in [0.2, 0.25) is 0 Å². The molecule has 2 rings (SSSR count). The monoisotopic (exact) mass is 348 g/mol. The second-order valence-electron chi connectivity index (χ2n) is 3.83. The third kappa shape index (κ3) is 3.40. The molecule has 0 atom stereocenters. The van der Waals surface area contributed by atoms with Crippen LogP contribution in [0.1, 0.15) is 11.5 Å². The largest absolute Gasteiger partial charge is 0.361 e. The van der Waals surface area contributed by atoms with Gasteiger partial charge in [0.05, 0.1) is 21.6 Å². The lowest BCUT2D eigenvalue weighted by atomic mass is 10.3. The second kappa shape index (κ2) is 5.40. The second-order valence-corrected chi connectivity index (χ2v) is 6.45. The summed E-state index contributed by atoms with van der Waals surface area (Å²) in [6.07, 6.45) is 0. The lowest BCUT2D eigenvalue weighted by Gasteiger charge is -2.05. The van der Waals surface area contributed by atoms with Crippen molar-refractivity contribution in [1.82, 2.24) is 9.88 Å². The fourth-order valence-electron chi connectivity index (χ4n) is 1.40. The quantitative estimate of drug-likeness (QED) is 0.920. The van der Waals surface area contributed by atoms with Crippen molar-refractivity contribution in [2.75, 3.05) is 0 Å². The molecule has 0 unspecified atom stereocenters. The standard InChI is InChI=1S/C11H10BrFN2O3S/c1-7-4-8(15-18-7)6-14-19(16,17)9-2-3-11(13)10(12)5-9/h2-5,14H,6H2,1H3. The van der Waals surface area contributed by atoms with Crippen LogP contribution < -0.4 is 4.72 Å².